The molecule has 1 aromatic heterocycles. The zero-order valence-electron chi connectivity index (χ0n) is 14.5. The molecule has 2 N–H and O–H groups in total. The topological polar surface area (TPSA) is 84.0 Å². The van der Waals surface area contributed by atoms with Gasteiger partial charge in [-0.15, -0.1) is 0 Å². The van der Waals surface area contributed by atoms with Crippen LogP contribution in [0.25, 0.3) is 16.6 Å². The number of aromatic amines is 1. The summed E-state index contributed by atoms with van der Waals surface area (Å²) in [6.45, 7) is 0. The average Bonchev–Trinajstić information content (AvgIpc) is 2.70. The van der Waals surface area contributed by atoms with E-state index in [0.717, 1.165) is 4.57 Å². The molecule has 4 rings (SSSR count). The molecular formula is C21H14ClN3O3. The highest BCUT2D eigenvalue weighted by Gasteiger charge is 2.13. The van der Waals surface area contributed by atoms with Crippen LogP contribution >= 0.6 is 11.6 Å². The van der Waals surface area contributed by atoms with Gasteiger partial charge in [-0.05, 0) is 42.5 Å². The maximum atomic E-state index is 12.8. The summed E-state index contributed by atoms with van der Waals surface area (Å²) in [4.78, 5) is 40.4. The second-order valence-electron chi connectivity index (χ2n) is 6.10. The lowest BCUT2D eigenvalue weighted by Crippen LogP contribution is -2.33. The predicted octanol–water partition coefficient (Wildman–Crippen LogP) is 3.58. The molecule has 1 heterocycles. The molecule has 6 nitrogen and oxygen atoms in total. The van der Waals surface area contributed by atoms with Crippen molar-refractivity contribution in [2.75, 3.05) is 5.32 Å². The van der Waals surface area contributed by atoms with Gasteiger partial charge in [0.15, 0.2) is 0 Å². The van der Waals surface area contributed by atoms with E-state index < -0.39 is 17.2 Å². The van der Waals surface area contributed by atoms with Crippen molar-refractivity contribution >= 4 is 34.1 Å². The number of halogens is 1. The summed E-state index contributed by atoms with van der Waals surface area (Å²) in [6, 6.07) is 20.0. The SMILES string of the molecule is O=C(Nc1ccccc1Cl)c1ccc2c(=O)n(-c3ccccc3)c(=O)[nH]c2c1. The Morgan fingerprint density at radius 2 is 1.64 bits per heavy atom. The number of hydrogen-bond donors (Lipinski definition) is 2. The van der Waals surface area contributed by atoms with Crippen molar-refractivity contribution in [2.45, 2.75) is 0 Å². The molecule has 0 spiro atoms. The van der Waals surface area contributed by atoms with E-state index in [1.54, 1.807) is 54.6 Å². The summed E-state index contributed by atoms with van der Waals surface area (Å²) in [5.74, 6) is -0.400. The number of aromatic nitrogens is 2. The largest absolute Gasteiger partial charge is 0.333 e. The van der Waals surface area contributed by atoms with Crippen molar-refractivity contribution in [2.24, 2.45) is 0 Å². The molecular weight excluding hydrogens is 378 g/mol. The lowest BCUT2D eigenvalue weighted by molar-refractivity contribution is 0.102. The Hall–Kier alpha value is -3.64. The van der Waals surface area contributed by atoms with Crippen LogP contribution < -0.4 is 16.6 Å². The van der Waals surface area contributed by atoms with Crippen LogP contribution in [0.5, 0.6) is 0 Å². The second kappa shape index (κ2) is 7.17. The number of nitrogens with one attached hydrogen (secondary N) is 2. The van der Waals surface area contributed by atoms with E-state index in [9.17, 15) is 14.4 Å². The van der Waals surface area contributed by atoms with E-state index in [0.29, 0.717) is 27.3 Å². The Morgan fingerprint density at radius 3 is 2.39 bits per heavy atom. The van der Waals surface area contributed by atoms with E-state index in [4.69, 9.17) is 11.6 Å². The van der Waals surface area contributed by atoms with Crippen molar-refractivity contribution in [3.63, 3.8) is 0 Å². The maximum Gasteiger partial charge on any atom is 0.333 e. The molecule has 0 radical (unpaired) electrons. The third-order valence-corrected chi connectivity index (χ3v) is 4.63. The Bertz CT molecular complexity index is 1310. The number of carbonyl (C=O) groups is 1. The summed E-state index contributed by atoms with van der Waals surface area (Å²) in [6.07, 6.45) is 0. The van der Waals surface area contributed by atoms with Gasteiger partial charge in [-0.1, -0.05) is 41.9 Å². The molecule has 4 aromatic rings. The van der Waals surface area contributed by atoms with Gasteiger partial charge in [0.1, 0.15) is 0 Å². The molecule has 28 heavy (non-hydrogen) atoms. The molecule has 3 aromatic carbocycles. The highest BCUT2D eigenvalue weighted by molar-refractivity contribution is 6.33. The van der Waals surface area contributed by atoms with Crippen LogP contribution in [0, 0.1) is 0 Å². The van der Waals surface area contributed by atoms with Crippen LogP contribution in [0.1, 0.15) is 10.4 Å². The normalized spacial score (nSPS) is 10.8. The molecule has 0 fully saturated rings. The number of nitrogens with zero attached hydrogens (tertiary/aromatic N) is 1. The summed E-state index contributed by atoms with van der Waals surface area (Å²) in [5, 5.41) is 3.43. The number of fused-ring (bicyclic) bond motifs is 1. The number of para-hydroxylation sites is 2. The molecule has 0 saturated carbocycles. The van der Waals surface area contributed by atoms with Gasteiger partial charge in [-0.2, -0.15) is 0 Å². The number of benzene rings is 3. The van der Waals surface area contributed by atoms with Crippen LogP contribution in [0.2, 0.25) is 5.02 Å². The van der Waals surface area contributed by atoms with Gasteiger partial charge in [0.25, 0.3) is 11.5 Å². The molecule has 7 heteroatoms. The van der Waals surface area contributed by atoms with Crippen LogP contribution in [-0.2, 0) is 0 Å². The highest BCUT2D eigenvalue weighted by atomic mass is 35.5. The van der Waals surface area contributed by atoms with Gasteiger partial charge >= 0.3 is 5.69 Å². The van der Waals surface area contributed by atoms with Gasteiger partial charge in [-0.25, -0.2) is 9.36 Å². The highest BCUT2D eigenvalue weighted by Crippen LogP contribution is 2.21. The van der Waals surface area contributed by atoms with E-state index in [-0.39, 0.29) is 5.52 Å². The number of anilines is 1. The molecule has 0 atom stereocenters. The molecule has 1 amide bonds. The summed E-state index contributed by atoms with van der Waals surface area (Å²) >= 11 is 6.06. The number of rotatable bonds is 3. The van der Waals surface area contributed by atoms with Crippen LogP contribution in [-0.4, -0.2) is 15.5 Å². The zero-order chi connectivity index (χ0) is 19.7. The average molecular weight is 392 g/mol. The standard InChI is InChI=1S/C21H14ClN3O3/c22-16-8-4-5-9-17(16)23-19(26)13-10-11-15-18(12-13)24-21(28)25(20(15)27)14-6-2-1-3-7-14/h1-12H,(H,23,26)(H,24,28). The first-order valence-electron chi connectivity index (χ1n) is 8.45. The van der Waals surface area contributed by atoms with Crippen molar-refractivity contribution < 1.29 is 4.79 Å². The smallest absolute Gasteiger partial charge is 0.321 e. The van der Waals surface area contributed by atoms with E-state index >= 15 is 0 Å². The fourth-order valence-corrected chi connectivity index (χ4v) is 3.11. The zero-order valence-corrected chi connectivity index (χ0v) is 15.2. The Balaban J connectivity index is 1.76. The summed E-state index contributed by atoms with van der Waals surface area (Å²) < 4.78 is 1.06. The number of amides is 1. The third-order valence-electron chi connectivity index (χ3n) is 4.30. The van der Waals surface area contributed by atoms with Gasteiger partial charge in [0.05, 0.1) is 27.3 Å². The molecule has 0 aliphatic heterocycles. The fourth-order valence-electron chi connectivity index (χ4n) is 2.93. The third kappa shape index (κ3) is 3.21. The molecule has 138 valence electrons. The monoisotopic (exact) mass is 391 g/mol. The van der Waals surface area contributed by atoms with E-state index in [1.165, 1.54) is 18.2 Å². The first-order valence-corrected chi connectivity index (χ1v) is 8.83. The fraction of sp³-hybridized carbons (Fsp3) is 0. The number of H-pyrrole nitrogens is 1. The molecule has 0 unspecified atom stereocenters. The first-order chi connectivity index (χ1) is 13.5. The first kappa shape index (κ1) is 17.8. The summed E-state index contributed by atoms with van der Waals surface area (Å²) in [5.41, 5.74) is 0.489. The van der Waals surface area contributed by atoms with Crippen LogP contribution in [0.15, 0.2) is 82.4 Å². The van der Waals surface area contributed by atoms with Crippen LogP contribution in [0.4, 0.5) is 5.69 Å². The number of hydrogen-bond acceptors (Lipinski definition) is 3. The number of carbonyl (C=O) groups excluding carboxylic acids is 1. The predicted molar refractivity (Wildman–Crippen MR) is 110 cm³/mol. The van der Waals surface area contributed by atoms with Crippen molar-refractivity contribution in [1.82, 2.24) is 9.55 Å². The maximum absolute atomic E-state index is 12.8. The Labute approximate surface area is 164 Å². The van der Waals surface area contributed by atoms with Gasteiger partial charge < -0.3 is 10.3 Å². The minimum absolute atomic E-state index is 0.286. The second-order valence-corrected chi connectivity index (χ2v) is 6.51. The Kier molecular flexibility index (Phi) is 4.55. The molecule has 0 saturated heterocycles. The van der Waals surface area contributed by atoms with Gasteiger partial charge in [0.2, 0.25) is 0 Å². The summed E-state index contributed by atoms with van der Waals surface area (Å²) in [7, 11) is 0. The van der Waals surface area contributed by atoms with Gasteiger partial charge in [-0.3, -0.25) is 9.59 Å². The Morgan fingerprint density at radius 1 is 0.929 bits per heavy atom. The molecule has 0 aliphatic carbocycles. The van der Waals surface area contributed by atoms with E-state index in [2.05, 4.69) is 10.3 Å². The lowest BCUT2D eigenvalue weighted by atomic mass is 10.1. The van der Waals surface area contributed by atoms with Gasteiger partial charge in [0, 0.05) is 5.56 Å². The van der Waals surface area contributed by atoms with Crippen molar-refractivity contribution in [3.05, 3.63) is 104 Å². The minimum atomic E-state index is -0.577. The van der Waals surface area contributed by atoms with Crippen LogP contribution in [0.3, 0.4) is 0 Å². The molecule has 0 bridgehead atoms. The van der Waals surface area contributed by atoms with Crippen molar-refractivity contribution in [1.29, 1.82) is 0 Å². The minimum Gasteiger partial charge on any atom is -0.321 e. The molecule has 0 aliphatic rings. The van der Waals surface area contributed by atoms with Crippen molar-refractivity contribution in [3.8, 4) is 5.69 Å². The van der Waals surface area contributed by atoms with E-state index in [1.807, 2.05) is 0 Å². The lowest BCUT2D eigenvalue weighted by Gasteiger charge is -2.09. The quantitative estimate of drug-likeness (QED) is 0.559.